The first-order chi connectivity index (χ1) is 10.1. The molecule has 0 aromatic carbocycles. The summed E-state index contributed by atoms with van der Waals surface area (Å²) in [6, 6.07) is 3.56. The second-order valence-corrected chi connectivity index (χ2v) is 4.75. The Kier molecular flexibility index (Phi) is 7.21. The maximum atomic E-state index is 12.1. The number of hydrogen-bond donors (Lipinski definition) is 3. The average Bonchev–Trinajstić information content (AvgIpc) is 2.43. The van der Waals surface area contributed by atoms with Crippen molar-refractivity contribution in [3.8, 4) is 0 Å². The van der Waals surface area contributed by atoms with Gasteiger partial charge in [0.25, 0.3) is 5.91 Å². The largest absolute Gasteiger partial charge is 0.370 e. The summed E-state index contributed by atoms with van der Waals surface area (Å²) < 4.78 is 0. The number of carbonyl (C=O) groups excluding carboxylic acids is 2. The molecule has 0 aliphatic rings. The Morgan fingerprint density at radius 2 is 1.86 bits per heavy atom. The topological polar surface area (TPSA) is 83.1 Å². The SMILES string of the molecule is CCCc1cc(C(=O)NCCNC(C)=O)cc(NCC)n1. The Labute approximate surface area is 125 Å². The van der Waals surface area contributed by atoms with Crippen LogP contribution in [0.15, 0.2) is 12.1 Å². The van der Waals surface area contributed by atoms with Crippen molar-refractivity contribution in [3.05, 3.63) is 23.4 Å². The molecule has 0 spiro atoms. The molecule has 0 radical (unpaired) electrons. The van der Waals surface area contributed by atoms with E-state index in [1.807, 2.05) is 13.0 Å². The maximum Gasteiger partial charge on any atom is 0.251 e. The minimum absolute atomic E-state index is 0.104. The van der Waals surface area contributed by atoms with Crippen LogP contribution in [0.2, 0.25) is 0 Å². The first kappa shape index (κ1) is 16.9. The van der Waals surface area contributed by atoms with E-state index in [2.05, 4.69) is 27.9 Å². The molecule has 0 aliphatic heterocycles. The predicted molar refractivity (Wildman–Crippen MR) is 83.4 cm³/mol. The van der Waals surface area contributed by atoms with E-state index in [-0.39, 0.29) is 11.8 Å². The second kappa shape index (κ2) is 8.94. The van der Waals surface area contributed by atoms with Crippen LogP contribution >= 0.6 is 0 Å². The van der Waals surface area contributed by atoms with E-state index in [4.69, 9.17) is 0 Å². The molecule has 0 saturated carbocycles. The lowest BCUT2D eigenvalue weighted by atomic mass is 10.1. The summed E-state index contributed by atoms with van der Waals surface area (Å²) in [5.41, 5.74) is 1.50. The van der Waals surface area contributed by atoms with Crippen LogP contribution in [0.1, 0.15) is 43.2 Å². The van der Waals surface area contributed by atoms with Gasteiger partial charge in [-0.3, -0.25) is 9.59 Å². The normalized spacial score (nSPS) is 10.0. The van der Waals surface area contributed by atoms with E-state index in [1.54, 1.807) is 6.07 Å². The third-order valence-corrected chi connectivity index (χ3v) is 2.79. The molecule has 1 heterocycles. The lowest BCUT2D eigenvalue weighted by Gasteiger charge is -2.10. The molecule has 1 aromatic heterocycles. The molecule has 21 heavy (non-hydrogen) atoms. The molecule has 6 nitrogen and oxygen atoms in total. The quantitative estimate of drug-likeness (QED) is 0.631. The molecule has 0 unspecified atom stereocenters. The number of amides is 2. The Bertz CT molecular complexity index is 464. The van der Waals surface area contributed by atoms with Crippen LogP contribution in [-0.2, 0) is 11.2 Å². The fourth-order valence-electron chi connectivity index (χ4n) is 1.89. The molecule has 3 N–H and O–H groups in total. The Morgan fingerprint density at radius 1 is 1.14 bits per heavy atom. The van der Waals surface area contributed by atoms with Crippen molar-refractivity contribution >= 4 is 17.6 Å². The first-order valence-corrected chi connectivity index (χ1v) is 7.34. The van der Waals surface area contributed by atoms with Gasteiger partial charge in [-0.05, 0) is 25.5 Å². The molecule has 0 fully saturated rings. The van der Waals surface area contributed by atoms with Crippen LogP contribution in [0.3, 0.4) is 0 Å². The third-order valence-electron chi connectivity index (χ3n) is 2.79. The van der Waals surface area contributed by atoms with E-state index in [1.165, 1.54) is 6.92 Å². The van der Waals surface area contributed by atoms with E-state index >= 15 is 0 Å². The van der Waals surface area contributed by atoms with Crippen molar-refractivity contribution in [2.45, 2.75) is 33.6 Å². The highest BCUT2D eigenvalue weighted by atomic mass is 16.2. The minimum Gasteiger partial charge on any atom is -0.370 e. The number of anilines is 1. The summed E-state index contributed by atoms with van der Waals surface area (Å²) in [6.07, 6.45) is 1.82. The summed E-state index contributed by atoms with van der Waals surface area (Å²) in [7, 11) is 0. The van der Waals surface area contributed by atoms with Gasteiger partial charge >= 0.3 is 0 Å². The third kappa shape index (κ3) is 6.25. The maximum absolute atomic E-state index is 12.1. The van der Waals surface area contributed by atoms with Gasteiger partial charge in [-0.1, -0.05) is 13.3 Å². The van der Waals surface area contributed by atoms with E-state index in [0.29, 0.717) is 18.7 Å². The van der Waals surface area contributed by atoms with Crippen molar-refractivity contribution in [3.63, 3.8) is 0 Å². The lowest BCUT2D eigenvalue weighted by molar-refractivity contribution is -0.118. The van der Waals surface area contributed by atoms with Crippen LogP contribution in [0.25, 0.3) is 0 Å². The van der Waals surface area contributed by atoms with Crippen LogP contribution < -0.4 is 16.0 Å². The van der Waals surface area contributed by atoms with Crippen molar-refractivity contribution in [2.75, 3.05) is 25.0 Å². The number of hydrogen-bond acceptors (Lipinski definition) is 4. The Hall–Kier alpha value is -2.11. The smallest absolute Gasteiger partial charge is 0.251 e. The number of rotatable bonds is 8. The van der Waals surface area contributed by atoms with Gasteiger partial charge in [-0.2, -0.15) is 0 Å². The summed E-state index contributed by atoms with van der Waals surface area (Å²) >= 11 is 0. The fourth-order valence-corrected chi connectivity index (χ4v) is 1.89. The zero-order chi connectivity index (χ0) is 15.7. The highest BCUT2D eigenvalue weighted by Crippen LogP contribution is 2.12. The molecule has 0 bridgehead atoms. The molecule has 2 amide bonds. The highest BCUT2D eigenvalue weighted by Gasteiger charge is 2.09. The van der Waals surface area contributed by atoms with Crippen LogP contribution in [0.5, 0.6) is 0 Å². The molecular formula is C15H24N4O2. The number of carbonyl (C=O) groups is 2. The molecule has 1 aromatic rings. The van der Waals surface area contributed by atoms with Gasteiger partial charge in [0, 0.05) is 37.8 Å². The minimum atomic E-state index is -0.153. The number of aryl methyl sites for hydroxylation is 1. The van der Waals surface area contributed by atoms with Crippen molar-refractivity contribution in [2.24, 2.45) is 0 Å². The summed E-state index contributed by atoms with van der Waals surface area (Å²) in [4.78, 5) is 27.3. The van der Waals surface area contributed by atoms with Gasteiger partial charge in [0.05, 0.1) is 0 Å². The molecule has 116 valence electrons. The molecule has 0 aliphatic carbocycles. The predicted octanol–water partition coefficient (Wildman–Crippen LogP) is 1.33. The van der Waals surface area contributed by atoms with E-state index in [9.17, 15) is 9.59 Å². The van der Waals surface area contributed by atoms with Gasteiger partial charge in [-0.25, -0.2) is 4.98 Å². The standard InChI is InChI=1S/C15H24N4O2/c1-4-6-13-9-12(10-14(19-13)16-5-2)15(21)18-8-7-17-11(3)20/h9-10H,4-8H2,1-3H3,(H,16,19)(H,17,20)(H,18,21). The lowest BCUT2D eigenvalue weighted by Crippen LogP contribution is -2.33. The van der Waals surface area contributed by atoms with Gasteiger partial charge in [0.15, 0.2) is 0 Å². The monoisotopic (exact) mass is 292 g/mol. The Morgan fingerprint density at radius 3 is 2.48 bits per heavy atom. The number of aromatic nitrogens is 1. The van der Waals surface area contributed by atoms with Crippen molar-refractivity contribution in [1.82, 2.24) is 15.6 Å². The van der Waals surface area contributed by atoms with Gasteiger partial charge < -0.3 is 16.0 Å². The highest BCUT2D eigenvalue weighted by molar-refractivity contribution is 5.95. The van der Waals surface area contributed by atoms with Crippen LogP contribution in [0, 0.1) is 0 Å². The van der Waals surface area contributed by atoms with Crippen LogP contribution in [0.4, 0.5) is 5.82 Å². The number of nitrogens with one attached hydrogen (secondary N) is 3. The Balaban J connectivity index is 2.70. The average molecular weight is 292 g/mol. The number of nitrogens with zero attached hydrogens (tertiary/aromatic N) is 1. The summed E-state index contributed by atoms with van der Waals surface area (Å²) in [6.45, 7) is 7.10. The fraction of sp³-hybridized carbons (Fsp3) is 0.533. The first-order valence-electron chi connectivity index (χ1n) is 7.34. The molecule has 1 rings (SSSR count). The zero-order valence-corrected chi connectivity index (χ0v) is 13.0. The van der Waals surface area contributed by atoms with Crippen molar-refractivity contribution in [1.29, 1.82) is 0 Å². The number of pyridine rings is 1. The van der Waals surface area contributed by atoms with E-state index < -0.39 is 0 Å². The van der Waals surface area contributed by atoms with Gasteiger partial charge in [0.2, 0.25) is 5.91 Å². The van der Waals surface area contributed by atoms with Crippen molar-refractivity contribution < 1.29 is 9.59 Å². The van der Waals surface area contributed by atoms with Gasteiger partial charge in [0.1, 0.15) is 5.82 Å². The molecule has 6 heteroatoms. The second-order valence-electron chi connectivity index (χ2n) is 4.75. The van der Waals surface area contributed by atoms with Crippen LogP contribution in [-0.4, -0.2) is 36.4 Å². The van der Waals surface area contributed by atoms with E-state index in [0.717, 1.165) is 30.9 Å². The molecule has 0 saturated heterocycles. The van der Waals surface area contributed by atoms with Gasteiger partial charge in [-0.15, -0.1) is 0 Å². The summed E-state index contributed by atoms with van der Waals surface area (Å²) in [5, 5.41) is 8.56. The molecular weight excluding hydrogens is 268 g/mol. The summed E-state index contributed by atoms with van der Waals surface area (Å²) in [5.74, 6) is 0.461. The molecule has 0 atom stereocenters. The zero-order valence-electron chi connectivity index (χ0n) is 13.0.